The molecule has 0 aromatic rings. The Balaban J connectivity index is 3.81. The molecule has 1 atom stereocenters. The molecular formula is C12H20N2. The van der Waals surface area contributed by atoms with Gasteiger partial charge < -0.3 is 10.4 Å². The Hall–Kier alpha value is -1.14. The second-order valence-electron chi connectivity index (χ2n) is 3.26. The monoisotopic (exact) mass is 192 g/mol. The quantitative estimate of drug-likeness (QED) is 0.475. The number of hydrogen-bond donors (Lipinski definition) is 1. The summed E-state index contributed by atoms with van der Waals surface area (Å²) in [5.41, 5.74) is 4.23. The van der Waals surface area contributed by atoms with Crippen LogP contribution < -0.4 is 0 Å². The normalized spacial score (nSPS) is 12.4. The first-order valence-corrected chi connectivity index (χ1v) is 5.09. The molecule has 2 nitrogen and oxygen atoms in total. The van der Waals surface area contributed by atoms with Gasteiger partial charge in [0.05, 0.1) is 0 Å². The van der Waals surface area contributed by atoms with E-state index in [-0.39, 0.29) is 5.92 Å². The fourth-order valence-electron chi connectivity index (χ4n) is 1.33. The van der Waals surface area contributed by atoms with Gasteiger partial charge in [-0.25, -0.2) is 0 Å². The smallest absolute Gasteiger partial charge is 0.0285 e. The van der Waals surface area contributed by atoms with Crippen molar-refractivity contribution in [2.24, 2.45) is 10.9 Å². The van der Waals surface area contributed by atoms with Gasteiger partial charge in [-0.3, -0.25) is 0 Å². The zero-order valence-corrected chi connectivity index (χ0v) is 9.21. The molecule has 0 aliphatic carbocycles. The van der Waals surface area contributed by atoms with Crippen molar-refractivity contribution in [3.8, 4) is 0 Å². The van der Waals surface area contributed by atoms with E-state index in [1.54, 1.807) is 7.05 Å². The fourth-order valence-corrected chi connectivity index (χ4v) is 1.33. The Morgan fingerprint density at radius 2 is 2.36 bits per heavy atom. The van der Waals surface area contributed by atoms with Crippen molar-refractivity contribution in [3.63, 3.8) is 0 Å². The van der Waals surface area contributed by atoms with E-state index in [0.717, 1.165) is 25.7 Å². The van der Waals surface area contributed by atoms with Gasteiger partial charge in [-0.15, -0.1) is 5.73 Å². The highest BCUT2D eigenvalue weighted by atomic mass is 14.6. The Morgan fingerprint density at radius 3 is 2.79 bits per heavy atom. The molecule has 14 heavy (non-hydrogen) atoms. The van der Waals surface area contributed by atoms with E-state index in [9.17, 15) is 0 Å². The Morgan fingerprint density at radius 1 is 1.64 bits per heavy atom. The summed E-state index contributed by atoms with van der Waals surface area (Å²) in [4.78, 5) is 3.93. The molecule has 0 saturated heterocycles. The minimum absolute atomic E-state index is 0.197. The lowest BCUT2D eigenvalue weighted by molar-refractivity contribution is 0.697. The predicted molar refractivity (Wildman–Crippen MR) is 63.5 cm³/mol. The molecule has 0 bridgehead atoms. The van der Waals surface area contributed by atoms with Gasteiger partial charge in [-0.2, -0.15) is 0 Å². The van der Waals surface area contributed by atoms with Crippen LogP contribution in [-0.2, 0) is 0 Å². The molecule has 78 valence electrons. The van der Waals surface area contributed by atoms with Gasteiger partial charge in [0, 0.05) is 25.4 Å². The van der Waals surface area contributed by atoms with Gasteiger partial charge in [-0.1, -0.05) is 13.5 Å². The van der Waals surface area contributed by atoms with Crippen molar-refractivity contribution in [1.82, 2.24) is 0 Å². The van der Waals surface area contributed by atoms with E-state index < -0.39 is 0 Å². The van der Waals surface area contributed by atoms with Gasteiger partial charge in [0.1, 0.15) is 0 Å². The van der Waals surface area contributed by atoms with Crippen molar-refractivity contribution in [2.75, 3.05) is 7.05 Å². The van der Waals surface area contributed by atoms with Crippen LogP contribution in [0.1, 0.15) is 32.6 Å². The number of nitrogens with zero attached hydrogens (tertiary/aromatic N) is 1. The second-order valence-corrected chi connectivity index (χ2v) is 3.26. The molecule has 1 unspecified atom stereocenters. The molecule has 2 heteroatoms. The molecule has 0 aliphatic rings. The van der Waals surface area contributed by atoms with E-state index in [2.05, 4.69) is 24.2 Å². The maximum atomic E-state index is 7.19. The summed E-state index contributed by atoms with van der Waals surface area (Å²) in [6, 6.07) is 0. The molecule has 0 rings (SSSR count). The number of nitrogens with one attached hydrogen (secondary N) is 1. The summed E-state index contributed by atoms with van der Waals surface area (Å²) < 4.78 is 0. The number of aliphatic imine (C=N–C) groups is 1. The predicted octanol–water partition coefficient (Wildman–Crippen LogP) is 3.24. The Kier molecular flexibility index (Phi) is 7.77. The van der Waals surface area contributed by atoms with Crippen molar-refractivity contribution >= 4 is 12.4 Å². The molecule has 1 N–H and O–H groups in total. The minimum Gasteiger partial charge on any atom is -0.312 e. The van der Waals surface area contributed by atoms with Gasteiger partial charge in [0.15, 0.2) is 0 Å². The van der Waals surface area contributed by atoms with E-state index in [1.165, 1.54) is 11.8 Å². The highest BCUT2D eigenvalue weighted by Crippen LogP contribution is 2.12. The number of allylic oxidation sites excluding steroid dienone is 1. The lowest BCUT2D eigenvalue weighted by Gasteiger charge is -2.05. The molecule has 0 amide bonds. The minimum atomic E-state index is 0.197. The number of rotatable bonds is 7. The lowest BCUT2D eigenvalue weighted by atomic mass is 10.0. The Bertz CT molecular complexity index is 235. The maximum absolute atomic E-state index is 7.19. The molecular weight excluding hydrogens is 172 g/mol. The highest BCUT2D eigenvalue weighted by molar-refractivity contribution is 5.81. The average Bonchev–Trinajstić information content (AvgIpc) is 2.23. The first kappa shape index (κ1) is 12.9. The molecule has 0 aromatic heterocycles. The zero-order valence-electron chi connectivity index (χ0n) is 9.21. The van der Waals surface area contributed by atoms with Crippen LogP contribution in [0.15, 0.2) is 22.9 Å². The van der Waals surface area contributed by atoms with E-state index in [0.29, 0.717) is 0 Å². The first-order chi connectivity index (χ1) is 6.78. The lowest BCUT2D eigenvalue weighted by Crippen LogP contribution is -2.02. The second kappa shape index (κ2) is 8.46. The van der Waals surface area contributed by atoms with E-state index in [4.69, 9.17) is 5.41 Å². The maximum Gasteiger partial charge on any atom is 0.0285 e. The van der Waals surface area contributed by atoms with Gasteiger partial charge in [0.25, 0.3) is 0 Å². The third-order valence-electron chi connectivity index (χ3n) is 2.25. The fraction of sp³-hybridized carbons (Fsp3) is 0.583. The van der Waals surface area contributed by atoms with Crippen LogP contribution in [0.25, 0.3) is 0 Å². The van der Waals surface area contributed by atoms with Crippen molar-refractivity contribution < 1.29 is 0 Å². The van der Waals surface area contributed by atoms with Crippen molar-refractivity contribution in [1.29, 1.82) is 5.41 Å². The van der Waals surface area contributed by atoms with Crippen LogP contribution >= 0.6 is 0 Å². The average molecular weight is 192 g/mol. The van der Waals surface area contributed by atoms with Gasteiger partial charge >= 0.3 is 0 Å². The summed E-state index contributed by atoms with van der Waals surface area (Å²) >= 11 is 0. The highest BCUT2D eigenvalue weighted by Gasteiger charge is 2.01. The zero-order chi connectivity index (χ0) is 10.8. The standard InChI is InChI=1S/C12H20N2/c1-4-11(5-2)7-6-8-12(9-13)10-14-3/h9-10,12-13H,1,5-8H2,2-3H3/b13-9?,14-10-. The van der Waals surface area contributed by atoms with Crippen molar-refractivity contribution in [2.45, 2.75) is 32.6 Å². The molecule has 0 heterocycles. The summed E-state index contributed by atoms with van der Waals surface area (Å²) in [5.74, 6) is 0.197. The van der Waals surface area contributed by atoms with Crippen LogP contribution in [-0.4, -0.2) is 19.5 Å². The number of hydrogen-bond acceptors (Lipinski definition) is 2. The van der Waals surface area contributed by atoms with Crippen LogP contribution in [0.3, 0.4) is 0 Å². The van der Waals surface area contributed by atoms with Crippen LogP contribution in [0.2, 0.25) is 0 Å². The van der Waals surface area contributed by atoms with Gasteiger partial charge in [0.2, 0.25) is 0 Å². The first-order valence-electron chi connectivity index (χ1n) is 5.09. The largest absolute Gasteiger partial charge is 0.312 e. The molecule has 0 spiro atoms. The molecule has 0 aromatic carbocycles. The van der Waals surface area contributed by atoms with E-state index in [1.807, 2.05) is 6.21 Å². The molecule has 0 radical (unpaired) electrons. The summed E-state index contributed by atoms with van der Waals surface area (Å²) in [6.45, 7) is 5.77. The Labute approximate surface area is 87.0 Å². The van der Waals surface area contributed by atoms with Crippen molar-refractivity contribution in [3.05, 3.63) is 17.9 Å². The topological polar surface area (TPSA) is 36.2 Å². The van der Waals surface area contributed by atoms with Crippen LogP contribution in [0.5, 0.6) is 0 Å². The third-order valence-corrected chi connectivity index (χ3v) is 2.25. The molecule has 0 aliphatic heterocycles. The van der Waals surface area contributed by atoms with Crippen LogP contribution in [0.4, 0.5) is 0 Å². The third kappa shape index (κ3) is 5.50. The van der Waals surface area contributed by atoms with E-state index >= 15 is 0 Å². The van der Waals surface area contributed by atoms with Crippen LogP contribution in [0, 0.1) is 11.3 Å². The summed E-state index contributed by atoms with van der Waals surface area (Å²) in [6.07, 6.45) is 7.43. The summed E-state index contributed by atoms with van der Waals surface area (Å²) in [7, 11) is 1.75. The summed E-state index contributed by atoms with van der Waals surface area (Å²) in [5, 5.41) is 7.19. The SMILES string of the molecule is C=C=C(CC)CCCC(C=N)/C=N\C. The molecule has 0 saturated carbocycles. The van der Waals surface area contributed by atoms with Gasteiger partial charge in [-0.05, 0) is 31.3 Å². The molecule has 0 fully saturated rings.